The number of hydrogen-bond donors (Lipinski definition) is 2. The minimum Gasteiger partial charge on any atom is -0.454 e. The average Bonchev–Trinajstić information content (AvgIpc) is 3.28. The largest absolute Gasteiger partial charge is 0.454 e. The Hall–Kier alpha value is -3.85. The number of ether oxygens (including phenoxy) is 3. The standard InChI is InChI=1S/C23H23N5O4/c1-15-24-21(13-22(25-15)28-8-10-30-11-9-28)26-17-3-5-18(6-4-17)27-23(29)16-2-7-19-20(12-16)32-14-31-19/h2-7,12-13H,8-11,14H2,1H3,(H,27,29)(H,24,25,26). The van der Waals surface area contributed by atoms with Crippen molar-refractivity contribution in [1.82, 2.24) is 9.97 Å². The molecule has 164 valence electrons. The van der Waals surface area contributed by atoms with Gasteiger partial charge in [-0.1, -0.05) is 0 Å². The van der Waals surface area contributed by atoms with Gasteiger partial charge in [-0.2, -0.15) is 0 Å². The quantitative estimate of drug-likeness (QED) is 0.632. The van der Waals surface area contributed by atoms with Crippen LogP contribution in [0.1, 0.15) is 16.2 Å². The smallest absolute Gasteiger partial charge is 0.255 e. The number of amides is 1. The summed E-state index contributed by atoms with van der Waals surface area (Å²) in [6.07, 6.45) is 0. The lowest BCUT2D eigenvalue weighted by Gasteiger charge is -2.28. The predicted octanol–water partition coefficient (Wildman–Crippen LogP) is 3.35. The van der Waals surface area contributed by atoms with E-state index < -0.39 is 0 Å². The molecule has 3 aromatic rings. The highest BCUT2D eigenvalue weighted by Crippen LogP contribution is 2.32. The highest BCUT2D eigenvalue weighted by Gasteiger charge is 2.17. The molecule has 0 unspecified atom stereocenters. The van der Waals surface area contributed by atoms with Crippen molar-refractivity contribution >= 4 is 28.9 Å². The van der Waals surface area contributed by atoms with Crippen LogP contribution in [-0.4, -0.2) is 49.0 Å². The molecule has 9 heteroatoms. The van der Waals surface area contributed by atoms with Gasteiger partial charge in [-0.15, -0.1) is 0 Å². The molecular weight excluding hydrogens is 410 g/mol. The van der Waals surface area contributed by atoms with Gasteiger partial charge in [-0.25, -0.2) is 9.97 Å². The first-order chi connectivity index (χ1) is 15.6. The van der Waals surface area contributed by atoms with E-state index in [1.165, 1.54) is 0 Å². The number of carbonyl (C=O) groups excluding carboxylic acids is 1. The monoisotopic (exact) mass is 433 g/mol. The van der Waals surface area contributed by atoms with Gasteiger partial charge >= 0.3 is 0 Å². The first-order valence-corrected chi connectivity index (χ1v) is 10.4. The molecule has 9 nitrogen and oxygen atoms in total. The molecular formula is C23H23N5O4. The maximum atomic E-state index is 12.6. The summed E-state index contributed by atoms with van der Waals surface area (Å²) in [7, 11) is 0. The summed E-state index contributed by atoms with van der Waals surface area (Å²) in [6.45, 7) is 5.08. The molecule has 1 fully saturated rings. The maximum absolute atomic E-state index is 12.6. The molecule has 1 aromatic heterocycles. The molecule has 0 radical (unpaired) electrons. The van der Waals surface area contributed by atoms with Gasteiger partial charge in [0.05, 0.1) is 13.2 Å². The zero-order valence-electron chi connectivity index (χ0n) is 17.6. The van der Waals surface area contributed by atoms with Crippen molar-refractivity contribution in [3.63, 3.8) is 0 Å². The fraction of sp³-hybridized carbons (Fsp3) is 0.261. The third kappa shape index (κ3) is 4.42. The summed E-state index contributed by atoms with van der Waals surface area (Å²) < 4.78 is 16.0. The molecule has 2 N–H and O–H groups in total. The number of aryl methyl sites for hydroxylation is 1. The number of carbonyl (C=O) groups is 1. The van der Waals surface area contributed by atoms with Crippen molar-refractivity contribution in [2.75, 3.05) is 48.6 Å². The number of benzene rings is 2. The van der Waals surface area contributed by atoms with E-state index in [1.807, 2.05) is 37.3 Å². The van der Waals surface area contributed by atoms with Crippen molar-refractivity contribution in [1.29, 1.82) is 0 Å². The first kappa shape index (κ1) is 20.1. The Bertz CT molecular complexity index is 1130. The first-order valence-electron chi connectivity index (χ1n) is 10.4. The lowest BCUT2D eigenvalue weighted by atomic mass is 10.2. The second kappa shape index (κ2) is 8.72. The molecule has 0 saturated carbocycles. The van der Waals surface area contributed by atoms with E-state index in [0.29, 0.717) is 41.8 Å². The number of morpholine rings is 1. The molecule has 3 heterocycles. The summed E-state index contributed by atoms with van der Waals surface area (Å²) in [5, 5.41) is 6.21. The van der Waals surface area contributed by atoms with E-state index in [4.69, 9.17) is 14.2 Å². The molecule has 2 aliphatic rings. The van der Waals surface area contributed by atoms with Crippen LogP contribution < -0.4 is 25.0 Å². The van der Waals surface area contributed by atoms with Gasteiger partial charge in [0.1, 0.15) is 17.5 Å². The van der Waals surface area contributed by atoms with Gasteiger partial charge in [0.25, 0.3) is 5.91 Å². The summed E-state index contributed by atoms with van der Waals surface area (Å²) >= 11 is 0. The van der Waals surface area contributed by atoms with Crippen LogP contribution in [0.15, 0.2) is 48.5 Å². The Morgan fingerprint density at radius 1 is 0.938 bits per heavy atom. The number of anilines is 4. The molecule has 2 aliphatic heterocycles. The fourth-order valence-electron chi connectivity index (χ4n) is 3.60. The summed E-state index contributed by atoms with van der Waals surface area (Å²) in [4.78, 5) is 23.8. The molecule has 32 heavy (non-hydrogen) atoms. The lowest BCUT2D eigenvalue weighted by Crippen LogP contribution is -2.36. The fourth-order valence-corrected chi connectivity index (χ4v) is 3.60. The average molecular weight is 433 g/mol. The van der Waals surface area contributed by atoms with Crippen LogP contribution in [0, 0.1) is 6.92 Å². The maximum Gasteiger partial charge on any atom is 0.255 e. The Labute approximate surface area is 185 Å². The van der Waals surface area contributed by atoms with Crippen LogP contribution in [0.3, 0.4) is 0 Å². The Morgan fingerprint density at radius 2 is 1.69 bits per heavy atom. The van der Waals surface area contributed by atoms with Crippen molar-refractivity contribution < 1.29 is 19.0 Å². The van der Waals surface area contributed by atoms with E-state index in [9.17, 15) is 4.79 Å². The van der Waals surface area contributed by atoms with Crippen molar-refractivity contribution in [3.05, 3.63) is 59.9 Å². The van der Waals surface area contributed by atoms with Crippen molar-refractivity contribution in [3.8, 4) is 11.5 Å². The number of nitrogens with zero attached hydrogens (tertiary/aromatic N) is 3. The van der Waals surface area contributed by atoms with E-state index >= 15 is 0 Å². The van der Waals surface area contributed by atoms with Crippen LogP contribution in [0.5, 0.6) is 11.5 Å². The zero-order chi connectivity index (χ0) is 21.9. The molecule has 0 spiro atoms. The van der Waals surface area contributed by atoms with Crippen molar-refractivity contribution in [2.24, 2.45) is 0 Å². The summed E-state index contributed by atoms with van der Waals surface area (Å²) in [6, 6.07) is 14.5. The van der Waals surface area contributed by atoms with Crippen LogP contribution in [0.25, 0.3) is 0 Å². The van der Waals surface area contributed by atoms with E-state index in [0.717, 1.165) is 30.4 Å². The van der Waals surface area contributed by atoms with Crippen LogP contribution in [-0.2, 0) is 4.74 Å². The Morgan fingerprint density at radius 3 is 2.50 bits per heavy atom. The molecule has 5 rings (SSSR count). The topological polar surface area (TPSA) is 97.8 Å². The third-order valence-electron chi connectivity index (χ3n) is 5.21. The van der Waals surface area contributed by atoms with E-state index in [1.54, 1.807) is 18.2 Å². The van der Waals surface area contributed by atoms with Crippen LogP contribution in [0.4, 0.5) is 23.0 Å². The van der Waals surface area contributed by atoms with Gasteiger partial charge < -0.3 is 29.7 Å². The molecule has 2 aromatic carbocycles. The SMILES string of the molecule is Cc1nc(Nc2ccc(NC(=O)c3ccc4c(c3)OCO4)cc2)cc(N2CCOCC2)n1. The molecule has 0 bridgehead atoms. The minimum atomic E-state index is -0.217. The lowest BCUT2D eigenvalue weighted by molar-refractivity contribution is 0.102. The molecule has 0 aliphatic carbocycles. The summed E-state index contributed by atoms with van der Waals surface area (Å²) in [5.74, 6) is 3.31. The second-order valence-corrected chi connectivity index (χ2v) is 7.48. The van der Waals surface area contributed by atoms with Crippen LogP contribution in [0.2, 0.25) is 0 Å². The van der Waals surface area contributed by atoms with E-state index in [-0.39, 0.29) is 12.7 Å². The van der Waals surface area contributed by atoms with Gasteiger partial charge in [-0.3, -0.25) is 4.79 Å². The molecule has 1 saturated heterocycles. The zero-order valence-corrected chi connectivity index (χ0v) is 17.6. The highest BCUT2D eigenvalue weighted by molar-refractivity contribution is 6.04. The normalized spacial score (nSPS) is 14.8. The van der Waals surface area contributed by atoms with Crippen molar-refractivity contribution in [2.45, 2.75) is 6.92 Å². The van der Waals surface area contributed by atoms with Gasteiger partial charge in [0.15, 0.2) is 11.5 Å². The Balaban J connectivity index is 1.25. The third-order valence-corrected chi connectivity index (χ3v) is 5.21. The molecule has 0 atom stereocenters. The predicted molar refractivity (Wildman–Crippen MR) is 120 cm³/mol. The summed E-state index contributed by atoms with van der Waals surface area (Å²) in [5.41, 5.74) is 2.05. The number of rotatable bonds is 5. The highest BCUT2D eigenvalue weighted by atomic mass is 16.7. The number of aromatic nitrogens is 2. The van der Waals surface area contributed by atoms with E-state index in [2.05, 4.69) is 25.5 Å². The number of nitrogens with one attached hydrogen (secondary N) is 2. The number of fused-ring (bicyclic) bond motifs is 1. The van der Waals surface area contributed by atoms with Gasteiger partial charge in [0.2, 0.25) is 6.79 Å². The number of hydrogen-bond acceptors (Lipinski definition) is 8. The van der Waals surface area contributed by atoms with Crippen LogP contribution >= 0.6 is 0 Å². The Kier molecular flexibility index (Phi) is 5.47. The molecule has 1 amide bonds. The second-order valence-electron chi connectivity index (χ2n) is 7.48. The minimum absolute atomic E-state index is 0.175. The van der Waals surface area contributed by atoms with Gasteiger partial charge in [0, 0.05) is 36.1 Å². The van der Waals surface area contributed by atoms with Gasteiger partial charge in [-0.05, 0) is 49.4 Å².